The lowest BCUT2D eigenvalue weighted by atomic mass is 10.2. The minimum atomic E-state index is -0.427. The van der Waals surface area contributed by atoms with Gasteiger partial charge in [0.25, 0.3) is 5.91 Å². The van der Waals surface area contributed by atoms with E-state index in [1.165, 1.54) is 25.6 Å². The Morgan fingerprint density at radius 3 is 2.36 bits per heavy atom. The standard InChI is InChI=1S/C15H18N4O4S.ClH/c1-22-10-3-9(4-11(5-10)23-2)18-13(20)7-17-15(21)12-8-24-14(6-16)19-12;/h3-5,8H,6-7,16H2,1-2H3,(H,17,21)(H,18,20);1H. The third-order valence-corrected chi connectivity index (χ3v) is 3.87. The lowest BCUT2D eigenvalue weighted by Crippen LogP contribution is -2.33. The number of thiazole rings is 1. The van der Waals surface area contributed by atoms with Gasteiger partial charge in [0.05, 0.1) is 20.8 Å². The van der Waals surface area contributed by atoms with E-state index in [0.717, 1.165) is 0 Å². The van der Waals surface area contributed by atoms with Gasteiger partial charge in [-0.25, -0.2) is 4.98 Å². The first-order chi connectivity index (χ1) is 11.5. The topological polar surface area (TPSA) is 116 Å². The average Bonchev–Trinajstić information content (AvgIpc) is 3.08. The normalized spacial score (nSPS) is 9.72. The minimum Gasteiger partial charge on any atom is -0.497 e. The van der Waals surface area contributed by atoms with E-state index >= 15 is 0 Å². The van der Waals surface area contributed by atoms with Crippen LogP contribution in [0.2, 0.25) is 0 Å². The summed E-state index contributed by atoms with van der Waals surface area (Å²) >= 11 is 1.30. The Labute approximate surface area is 155 Å². The van der Waals surface area contributed by atoms with Gasteiger partial charge in [-0.3, -0.25) is 9.59 Å². The van der Waals surface area contributed by atoms with Gasteiger partial charge in [0.15, 0.2) is 0 Å². The first kappa shape index (κ1) is 20.7. The second-order valence-electron chi connectivity index (χ2n) is 4.66. The smallest absolute Gasteiger partial charge is 0.271 e. The van der Waals surface area contributed by atoms with Crippen molar-refractivity contribution in [1.29, 1.82) is 0 Å². The van der Waals surface area contributed by atoms with Gasteiger partial charge in [0, 0.05) is 35.8 Å². The van der Waals surface area contributed by atoms with E-state index in [1.807, 2.05) is 0 Å². The molecule has 136 valence electrons. The predicted molar refractivity (Wildman–Crippen MR) is 97.8 cm³/mol. The van der Waals surface area contributed by atoms with E-state index in [4.69, 9.17) is 15.2 Å². The number of rotatable bonds is 7. The molecule has 0 unspecified atom stereocenters. The van der Waals surface area contributed by atoms with Crippen molar-refractivity contribution < 1.29 is 19.1 Å². The second-order valence-corrected chi connectivity index (χ2v) is 5.61. The molecule has 0 fully saturated rings. The number of carbonyl (C=O) groups is 2. The maximum atomic E-state index is 12.0. The minimum absolute atomic E-state index is 0. The van der Waals surface area contributed by atoms with Crippen LogP contribution >= 0.6 is 23.7 Å². The van der Waals surface area contributed by atoms with Crippen LogP contribution in [0.4, 0.5) is 5.69 Å². The number of amides is 2. The molecule has 0 spiro atoms. The van der Waals surface area contributed by atoms with Gasteiger partial charge in [-0.1, -0.05) is 0 Å². The van der Waals surface area contributed by atoms with Gasteiger partial charge in [-0.2, -0.15) is 0 Å². The van der Waals surface area contributed by atoms with Crippen LogP contribution in [-0.2, 0) is 11.3 Å². The largest absolute Gasteiger partial charge is 0.497 e. The fourth-order valence-corrected chi connectivity index (χ4v) is 2.50. The number of nitrogens with two attached hydrogens (primary N) is 1. The summed E-state index contributed by atoms with van der Waals surface area (Å²) in [6, 6.07) is 4.99. The van der Waals surface area contributed by atoms with Gasteiger partial charge < -0.3 is 25.8 Å². The van der Waals surface area contributed by atoms with E-state index in [-0.39, 0.29) is 37.1 Å². The summed E-state index contributed by atoms with van der Waals surface area (Å²) < 4.78 is 10.3. The summed E-state index contributed by atoms with van der Waals surface area (Å²) in [5, 5.41) is 7.43. The molecule has 0 atom stereocenters. The number of nitrogens with zero attached hydrogens (tertiary/aromatic N) is 1. The SMILES string of the molecule is COc1cc(NC(=O)CNC(=O)c2csc(CN)n2)cc(OC)c1.Cl. The number of nitrogens with one attached hydrogen (secondary N) is 2. The monoisotopic (exact) mass is 386 g/mol. The van der Waals surface area contributed by atoms with Crippen LogP contribution in [-0.4, -0.2) is 37.6 Å². The van der Waals surface area contributed by atoms with E-state index in [2.05, 4.69) is 15.6 Å². The average molecular weight is 387 g/mol. The van der Waals surface area contributed by atoms with Crippen molar-refractivity contribution in [2.75, 3.05) is 26.1 Å². The summed E-state index contributed by atoms with van der Waals surface area (Å²) in [7, 11) is 3.04. The quantitative estimate of drug-likeness (QED) is 0.662. The van der Waals surface area contributed by atoms with Gasteiger partial charge in [0.1, 0.15) is 22.2 Å². The summed E-state index contributed by atoms with van der Waals surface area (Å²) in [5.74, 6) is 0.285. The molecule has 10 heteroatoms. The van der Waals surface area contributed by atoms with Crippen LogP contribution in [0.3, 0.4) is 0 Å². The Bertz CT molecular complexity index is 716. The highest BCUT2D eigenvalue weighted by Gasteiger charge is 2.12. The molecule has 0 aliphatic carbocycles. The molecule has 0 bridgehead atoms. The van der Waals surface area contributed by atoms with Crippen molar-refractivity contribution >= 4 is 41.2 Å². The van der Waals surface area contributed by atoms with Crippen molar-refractivity contribution in [2.24, 2.45) is 5.73 Å². The Kier molecular flexibility index (Phi) is 8.12. The fourth-order valence-electron chi connectivity index (χ4n) is 1.84. The molecule has 4 N–H and O–H groups in total. The second kappa shape index (κ2) is 9.82. The first-order valence-corrected chi connectivity index (χ1v) is 7.89. The number of halogens is 1. The van der Waals surface area contributed by atoms with Crippen LogP contribution in [0.15, 0.2) is 23.6 Å². The van der Waals surface area contributed by atoms with E-state index in [0.29, 0.717) is 22.2 Å². The molecule has 25 heavy (non-hydrogen) atoms. The Morgan fingerprint density at radius 1 is 1.20 bits per heavy atom. The molecule has 2 aromatic rings. The van der Waals surface area contributed by atoms with Gasteiger partial charge >= 0.3 is 0 Å². The van der Waals surface area contributed by atoms with Crippen LogP contribution in [0.5, 0.6) is 11.5 Å². The van der Waals surface area contributed by atoms with E-state index in [9.17, 15) is 9.59 Å². The predicted octanol–water partition coefficient (Wildman–Crippen LogP) is 1.41. The highest BCUT2D eigenvalue weighted by atomic mass is 35.5. The maximum Gasteiger partial charge on any atom is 0.271 e. The van der Waals surface area contributed by atoms with Gasteiger partial charge in [-0.15, -0.1) is 23.7 Å². The van der Waals surface area contributed by atoms with Crippen LogP contribution in [0.1, 0.15) is 15.5 Å². The van der Waals surface area contributed by atoms with Crippen molar-refractivity contribution in [2.45, 2.75) is 6.54 Å². The molecule has 1 aromatic heterocycles. The number of benzene rings is 1. The third kappa shape index (κ3) is 5.89. The number of carbonyl (C=O) groups excluding carboxylic acids is 2. The first-order valence-electron chi connectivity index (χ1n) is 7.01. The van der Waals surface area contributed by atoms with Crippen LogP contribution in [0.25, 0.3) is 0 Å². The zero-order valence-electron chi connectivity index (χ0n) is 13.7. The van der Waals surface area contributed by atoms with Gasteiger partial charge in [0.2, 0.25) is 5.91 Å². The molecule has 0 saturated heterocycles. The molecule has 1 aromatic carbocycles. The number of aromatic nitrogens is 1. The van der Waals surface area contributed by atoms with Crippen molar-refractivity contribution in [3.05, 3.63) is 34.3 Å². The summed E-state index contributed by atoms with van der Waals surface area (Å²) in [5.41, 5.74) is 6.20. The van der Waals surface area contributed by atoms with Crippen LogP contribution in [0, 0.1) is 0 Å². The highest BCUT2D eigenvalue weighted by molar-refractivity contribution is 7.09. The molecule has 2 rings (SSSR count). The lowest BCUT2D eigenvalue weighted by Gasteiger charge is -2.10. The number of anilines is 1. The number of hydrogen-bond acceptors (Lipinski definition) is 7. The van der Waals surface area contributed by atoms with Crippen molar-refractivity contribution in [3.63, 3.8) is 0 Å². The Hall–Kier alpha value is -2.36. The molecule has 0 aliphatic rings. The molecule has 8 nitrogen and oxygen atoms in total. The molecular formula is C15H19ClN4O4S. The van der Waals surface area contributed by atoms with Gasteiger partial charge in [-0.05, 0) is 0 Å². The molecular weight excluding hydrogens is 368 g/mol. The van der Waals surface area contributed by atoms with Crippen LogP contribution < -0.4 is 25.8 Å². The lowest BCUT2D eigenvalue weighted by molar-refractivity contribution is -0.115. The summed E-state index contributed by atoms with van der Waals surface area (Å²) in [4.78, 5) is 27.9. The highest BCUT2D eigenvalue weighted by Crippen LogP contribution is 2.25. The molecule has 1 heterocycles. The fraction of sp³-hybridized carbons (Fsp3) is 0.267. The zero-order chi connectivity index (χ0) is 17.5. The van der Waals surface area contributed by atoms with E-state index in [1.54, 1.807) is 23.6 Å². The molecule has 0 aliphatic heterocycles. The third-order valence-electron chi connectivity index (χ3n) is 3.00. The number of ether oxygens (including phenoxy) is 2. The summed E-state index contributed by atoms with van der Waals surface area (Å²) in [6.45, 7) is 0.0873. The molecule has 0 radical (unpaired) electrons. The van der Waals surface area contributed by atoms with Crippen molar-refractivity contribution in [1.82, 2.24) is 10.3 Å². The molecule has 0 saturated carbocycles. The number of hydrogen-bond donors (Lipinski definition) is 3. The van der Waals surface area contributed by atoms with E-state index < -0.39 is 5.91 Å². The maximum absolute atomic E-state index is 12.0. The van der Waals surface area contributed by atoms with Crippen molar-refractivity contribution in [3.8, 4) is 11.5 Å². The Morgan fingerprint density at radius 2 is 1.84 bits per heavy atom. The zero-order valence-corrected chi connectivity index (χ0v) is 15.3. The number of methoxy groups -OCH3 is 2. The Balaban J connectivity index is 0.00000312. The summed E-state index contributed by atoms with van der Waals surface area (Å²) in [6.07, 6.45) is 0. The molecule has 2 amide bonds.